The van der Waals surface area contributed by atoms with Crippen LogP contribution >= 0.6 is 0 Å². The van der Waals surface area contributed by atoms with Crippen molar-refractivity contribution < 1.29 is 4.74 Å². The van der Waals surface area contributed by atoms with Gasteiger partial charge < -0.3 is 9.72 Å². The lowest BCUT2D eigenvalue weighted by atomic mass is 9.98. The van der Waals surface area contributed by atoms with Crippen LogP contribution in [0.3, 0.4) is 0 Å². The summed E-state index contributed by atoms with van der Waals surface area (Å²) in [5.41, 5.74) is 4.84. The molecule has 0 unspecified atom stereocenters. The van der Waals surface area contributed by atoms with Crippen LogP contribution in [0.2, 0.25) is 0 Å². The summed E-state index contributed by atoms with van der Waals surface area (Å²) in [6.07, 6.45) is 13.4. The number of H-pyrrole nitrogens is 2. The van der Waals surface area contributed by atoms with Crippen molar-refractivity contribution in [3.63, 3.8) is 0 Å². The maximum absolute atomic E-state index is 6.19. The van der Waals surface area contributed by atoms with Gasteiger partial charge in [-0.1, -0.05) is 6.42 Å². The number of ether oxygens (including phenoxy) is 1. The molecule has 1 aliphatic carbocycles. The molecule has 2 N–H and O–H groups in total. The summed E-state index contributed by atoms with van der Waals surface area (Å²) in [6, 6.07) is 7.85. The summed E-state index contributed by atoms with van der Waals surface area (Å²) < 4.78 is 6.19. The first kappa shape index (κ1) is 18.0. The minimum absolute atomic E-state index is 0.281. The maximum atomic E-state index is 6.19. The fraction of sp³-hybridized carbons (Fsp3) is 0.261. The smallest absolute Gasteiger partial charge is 0.178 e. The average Bonchev–Trinajstić information content (AvgIpc) is 3.43. The minimum Gasteiger partial charge on any atom is -0.489 e. The van der Waals surface area contributed by atoms with Crippen LogP contribution in [0.25, 0.3) is 44.8 Å². The summed E-state index contributed by atoms with van der Waals surface area (Å²) >= 11 is 0. The van der Waals surface area contributed by atoms with Crippen molar-refractivity contribution in [3.8, 4) is 28.5 Å². The van der Waals surface area contributed by atoms with Crippen molar-refractivity contribution in [2.75, 3.05) is 0 Å². The number of aromatic amines is 2. The van der Waals surface area contributed by atoms with Gasteiger partial charge in [-0.2, -0.15) is 5.10 Å². The number of pyridine rings is 3. The predicted molar refractivity (Wildman–Crippen MR) is 118 cm³/mol. The van der Waals surface area contributed by atoms with E-state index in [0.29, 0.717) is 11.5 Å². The predicted octanol–water partition coefficient (Wildman–Crippen LogP) is 4.67. The van der Waals surface area contributed by atoms with Gasteiger partial charge in [0.1, 0.15) is 11.4 Å². The van der Waals surface area contributed by atoms with E-state index in [-0.39, 0.29) is 6.10 Å². The Balaban J connectivity index is 1.36. The molecule has 154 valence electrons. The third-order valence-electron chi connectivity index (χ3n) is 5.79. The Morgan fingerprint density at radius 1 is 0.968 bits per heavy atom. The molecule has 0 bridgehead atoms. The molecule has 6 rings (SSSR count). The number of hydrogen-bond donors (Lipinski definition) is 2. The SMILES string of the molecule is c1cnc2nc(-c3n[nH]c4cnc(-c5cncc(OC6CCCCC6)c5)cc34)[nH]c2c1. The van der Waals surface area contributed by atoms with Crippen molar-refractivity contribution in [2.24, 2.45) is 0 Å². The second-order valence-corrected chi connectivity index (χ2v) is 7.93. The van der Waals surface area contributed by atoms with E-state index in [1.807, 2.05) is 30.5 Å². The van der Waals surface area contributed by atoms with Crippen LogP contribution in [0.1, 0.15) is 32.1 Å². The monoisotopic (exact) mass is 411 g/mol. The largest absolute Gasteiger partial charge is 0.489 e. The third kappa shape index (κ3) is 3.39. The summed E-state index contributed by atoms with van der Waals surface area (Å²) in [6.45, 7) is 0. The van der Waals surface area contributed by atoms with E-state index in [9.17, 15) is 0 Å². The van der Waals surface area contributed by atoms with Crippen LogP contribution in [0, 0.1) is 0 Å². The van der Waals surface area contributed by atoms with Gasteiger partial charge in [-0.3, -0.25) is 15.1 Å². The van der Waals surface area contributed by atoms with E-state index in [1.54, 1.807) is 18.6 Å². The Kier molecular flexibility index (Phi) is 4.33. The van der Waals surface area contributed by atoms with Gasteiger partial charge in [-0.05, 0) is 49.9 Å². The second kappa shape index (κ2) is 7.46. The zero-order valence-electron chi connectivity index (χ0n) is 16.9. The lowest BCUT2D eigenvalue weighted by molar-refractivity contribution is 0.154. The van der Waals surface area contributed by atoms with Crippen LogP contribution in [-0.2, 0) is 0 Å². The lowest BCUT2D eigenvalue weighted by Gasteiger charge is -2.22. The molecule has 0 aromatic carbocycles. The summed E-state index contributed by atoms with van der Waals surface area (Å²) in [4.78, 5) is 21.2. The number of aromatic nitrogens is 7. The van der Waals surface area contributed by atoms with E-state index in [1.165, 1.54) is 19.3 Å². The van der Waals surface area contributed by atoms with Crippen LogP contribution in [0.15, 0.2) is 49.1 Å². The van der Waals surface area contributed by atoms with E-state index in [4.69, 9.17) is 4.74 Å². The molecule has 5 heterocycles. The van der Waals surface area contributed by atoms with Gasteiger partial charge in [0, 0.05) is 23.3 Å². The molecule has 0 radical (unpaired) electrons. The Morgan fingerprint density at radius 2 is 1.90 bits per heavy atom. The number of nitrogens with zero attached hydrogens (tertiary/aromatic N) is 5. The van der Waals surface area contributed by atoms with Gasteiger partial charge >= 0.3 is 0 Å². The molecule has 5 aromatic rings. The molecule has 8 heteroatoms. The fourth-order valence-corrected chi connectivity index (χ4v) is 4.21. The van der Waals surface area contributed by atoms with Gasteiger partial charge in [0.15, 0.2) is 11.5 Å². The first-order valence-electron chi connectivity index (χ1n) is 10.6. The van der Waals surface area contributed by atoms with Crippen LogP contribution in [-0.4, -0.2) is 41.2 Å². The highest BCUT2D eigenvalue weighted by molar-refractivity contribution is 5.94. The molecule has 0 amide bonds. The zero-order chi connectivity index (χ0) is 20.6. The van der Waals surface area contributed by atoms with E-state index in [2.05, 4.69) is 35.1 Å². The minimum atomic E-state index is 0.281. The second-order valence-electron chi connectivity index (χ2n) is 7.93. The summed E-state index contributed by atoms with van der Waals surface area (Å²) in [7, 11) is 0. The number of imidazole rings is 1. The van der Waals surface area contributed by atoms with E-state index in [0.717, 1.165) is 52.0 Å². The highest BCUT2D eigenvalue weighted by Crippen LogP contribution is 2.30. The molecular weight excluding hydrogens is 390 g/mol. The number of hydrogen-bond acceptors (Lipinski definition) is 6. The molecule has 5 aromatic heterocycles. The molecule has 8 nitrogen and oxygen atoms in total. The molecule has 31 heavy (non-hydrogen) atoms. The normalized spacial score (nSPS) is 15.0. The van der Waals surface area contributed by atoms with Crippen LogP contribution < -0.4 is 4.74 Å². The molecule has 1 saturated carbocycles. The topological polar surface area (TPSA) is 105 Å². The first-order valence-corrected chi connectivity index (χ1v) is 10.6. The molecule has 0 spiro atoms. The lowest BCUT2D eigenvalue weighted by Crippen LogP contribution is -2.19. The first-order chi connectivity index (χ1) is 15.3. The number of nitrogens with one attached hydrogen (secondary N) is 2. The quantitative estimate of drug-likeness (QED) is 0.445. The van der Waals surface area contributed by atoms with Gasteiger partial charge in [0.2, 0.25) is 0 Å². The fourth-order valence-electron chi connectivity index (χ4n) is 4.21. The van der Waals surface area contributed by atoms with Crippen molar-refractivity contribution in [3.05, 3.63) is 49.1 Å². The number of rotatable bonds is 4. The standard InChI is InChI=1S/C23H21N7O/c1-2-5-15(6-3-1)31-16-9-14(11-24-12-16)19-10-17-20(13-26-19)29-30-21(17)23-27-18-7-4-8-25-22(18)28-23/h4,7-13,15H,1-3,5-6H2,(H,29,30)(H,25,27,28). The maximum Gasteiger partial charge on any atom is 0.178 e. The van der Waals surface area contributed by atoms with Crippen molar-refractivity contribution in [1.82, 2.24) is 35.1 Å². The van der Waals surface area contributed by atoms with Gasteiger partial charge in [-0.15, -0.1) is 0 Å². The highest BCUT2D eigenvalue weighted by atomic mass is 16.5. The summed E-state index contributed by atoms with van der Waals surface area (Å²) in [5.74, 6) is 1.46. The third-order valence-corrected chi connectivity index (χ3v) is 5.79. The van der Waals surface area contributed by atoms with E-state index >= 15 is 0 Å². The molecule has 0 saturated heterocycles. The average molecular weight is 411 g/mol. The van der Waals surface area contributed by atoms with Crippen molar-refractivity contribution in [2.45, 2.75) is 38.2 Å². The Labute approximate surface area is 178 Å². The molecule has 0 aliphatic heterocycles. The van der Waals surface area contributed by atoms with Gasteiger partial charge in [-0.25, -0.2) is 9.97 Å². The van der Waals surface area contributed by atoms with Crippen LogP contribution in [0.4, 0.5) is 0 Å². The Morgan fingerprint density at radius 3 is 2.81 bits per heavy atom. The number of fused-ring (bicyclic) bond motifs is 2. The van der Waals surface area contributed by atoms with Crippen molar-refractivity contribution >= 4 is 22.1 Å². The van der Waals surface area contributed by atoms with Gasteiger partial charge in [0.05, 0.1) is 35.2 Å². The molecule has 1 aliphatic rings. The molecule has 0 atom stereocenters. The molecular formula is C23H21N7O. The highest BCUT2D eigenvalue weighted by Gasteiger charge is 2.17. The Bertz CT molecular complexity index is 1330. The van der Waals surface area contributed by atoms with Gasteiger partial charge in [0.25, 0.3) is 0 Å². The zero-order valence-corrected chi connectivity index (χ0v) is 16.9. The molecule has 1 fully saturated rings. The van der Waals surface area contributed by atoms with Crippen LogP contribution in [0.5, 0.6) is 5.75 Å². The van der Waals surface area contributed by atoms with Crippen molar-refractivity contribution in [1.29, 1.82) is 0 Å². The Hall–Kier alpha value is -3.81. The van der Waals surface area contributed by atoms with E-state index < -0.39 is 0 Å². The summed E-state index contributed by atoms with van der Waals surface area (Å²) in [5, 5.41) is 8.44.